The van der Waals surface area contributed by atoms with Gasteiger partial charge < -0.3 is 15.4 Å². The Kier molecular flexibility index (Phi) is 5.97. The molecule has 176 valence electrons. The van der Waals surface area contributed by atoms with Crippen molar-refractivity contribution >= 4 is 22.8 Å². The second-order valence-corrected chi connectivity index (χ2v) is 8.28. The molecule has 1 atom stereocenters. The Morgan fingerprint density at radius 3 is 2.77 bits per heavy atom. The maximum atomic E-state index is 13.9. The number of nitriles is 1. The van der Waals surface area contributed by atoms with Crippen molar-refractivity contribution in [3.05, 3.63) is 60.7 Å². The van der Waals surface area contributed by atoms with Crippen LogP contribution in [0.15, 0.2) is 54.9 Å². The third kappa shape index (κ3) is 4.36. The molecule has 0 bridgehead atoms. The average molecular weight is 471 g/mol. The summed E-state index contributed by atoms with van der Waals surface area (Å²) >= 11 is 0. The van der Waals surface area contributed by atoms with E-state index < -0.39 is 5.82 Å². The average Bonchev–Trinajstić information content (AvgIpc) is 3.27. The van der Waals surface area contributed by atoms with Crippen molar-refractivity contribution in [2.75, 3.05) is 18.8 Å². The van der Waals surface area contributed by atoms with E-state index in [1.807, 2.05) is 18.2 Å². The van der Waals surface area contributed by atoms with Gasteiger partial charge in [0.15, 0.2) is 17.2 Å². The summed E-state index contributed by atoms with van der Waals surface area (Å²) in [4.78, 5) is 22.6. The fourth-order valence-electron chi connectivity index (χ4n) is 4.35. The molecule has 4 aromatic rings. The first kappa shape index (κ1) is 22.3. The Balaban J connectivity index is 1.48. The van der Waals surface area contributed by atoms with Crippen molar-refractivity contribution in [1.29, 1.82) is 5.26 Å². The van der Waals surface area contributed by atoms with Crippen LogP contribution in [-0.2, 0) is 4.79 Å². The third-order valence-corrected chi connectivity index (χ3v) is 6.04. The Morgan fingerprint density at radius 1 is 1.20 bits per heavy atom. The number of hydrogen-bond donors (Lipinski definition) is 1. The first-order chi connectivity index (χ1) is 17.0. The molecule has 5 rings (SSSR count). The number of nitrogens with two attached hydrogens (primary N) is 1. The minimum atomic E-state index is -0.444. The lowest BCUT2D eigenvalue weighted by Gasteiger charge is -2.32. The van der Waals surface area contributed by atoms with Gasteiger partial charge in [-0.05, 0) is 49.2 Å². The number of aromatic nitrogens is 4. The van der Waals surface area contributed by atoms with Crippen LogP contribution in [0, 0.1) is 17.1 Å². The van der Waals surface area contributed by atoms with Crippen molar-refractivity contribution in [1.82, 2.24) is 24.6 Å². The van der Waals surface area contributed by atoms with E-state index in [1.165, 1.54) is 12.4 Å². The lowest BCUT2D eigenvalue weighted by Crippen LogP contribution is -2.40. The summed E-state index contributed by atoms with van der Waals surface area (Å²) < 4.78 is 21.4. The zero-order chi connectivity index (χ0) is 24.4. The van der Waals surface area contributed by atoms with Crippen LogP contribution in [0.2, 0.25) is 0 Å². The number of amides is 1. The number of carbonyl (C=O) groups is 1. The standard InChI is InChI=1S/C25H22FN7O2/c26-19-5-1-2-6-20(19)35-18-9-7-16(8-10-18)23-22-24(28)29-15-30-25(22)33(31-23)17-4-3-13-32(14-17)21(34)11-12-27/h1-2,5-10,15,17H,3-4,11,13-14H2,(H2,28,29,30)/t17-/m1/s1. The second kappa shape index (κ2) is 9.38. The highest BCUT2D eigenvalue weighted by Crippen LogP contribution is 2.35. The summed E-state index contributed by atoms with van der Waals surface area (Å²) in [5, 5.41) is 14.4. The maximum Gasteiger partial charge on any atom is 0.236 e. The quantitative estimate of drug-likeness (QED) is 0.465. The van der Waals surface area contributed by atoms with Crippen LogP contribution >= 0.6 is 0 Å². The molecule has 0 aliphatic carbocycles. The molecule has 10 heteroatoms. The van der Waals surface area contributed by atoms with Gasteiger partial charge in [-0.3, -0.25) is 4.79 Å². The molecule has 2 aromatic heterocycles. The van der Waals surface area contributed by atoms with Crippen LogP contribution in [0.1, 0.15) is 25.3 Å². The van der Waals surface area contributed by atoms with E-state index >= 15 is 0 Å². The number of likely N-dealkylation sites (tertiary alicyclic amines) is 1. The SMILES string of the molecule is N#CCC(=O)N1CCC[C@@H](n2nc(-c3ccc(Oc4ccccc4F)cc3)c3c(N)ncnc32)C1. The largest absolute Gasteiger partial charge is 0.454 e. The van der Waals surface area contributed by atoms with Crippen molar-refractivity contribution in [3.63, 3.8) is 0 Å². The highest BCUT2D eigenvalue weighted by Gasteiger charge is 2.28. The number of anilines is 1. The number of fused-ring (bicyclic) bond motifs is 1. The van der Waals surface area contributed by atoms with E-state index in [2.05, 4.69) is 9.97 Å². The number of carbonyl (C=O) groups excluding carboxylic acids is 1. The molecule has 0 radical (unpaired) electrons. The lowest BCUT2D eigenvalue weighted by molar-refractivity contribution is -0.131. The van der Waals surface area contributed by atoms with Crippen LogP contribution in [-0.4, -0.2) is 43.6 Å². The topological polar surface area (TPSA) is 123 Å². The number of hydrogen-bond acceptors (Lipinski definition) is 7. The minimum absolute atomic E-state index is 0.111. The molecule has 2 aromatic carbocycles. The van der Waals surface area contributed by atoms with E-state index in [0.29, 0.717) is 41.4 Å². The maximum absolute atomic E-state index is 13.9. The van der Waals surface area contributed by atoms with Gasteiger partial charge in [-0.1, -0.05) is 12.1 Å². The predicted octanol–water partition coefficient (Wildman–Crippen LogP) is 4.08. The van der Waals surface area contributed by atoms with Crippen LogP contribution in [0.4, 0.5) is 10.2 Å². The van der Waals surface area contributed by atoms with Crippen molar-refractivity contribution < 1.29 is 13.9 Å². The molecule has 0 unspecified atom stereocenters. The molecule has 0 saturated carbocycles. The molecule has 1 aliphatic heterocycles. The number of nitrogens with zero attached hydrogens (tertiary/aromatic N) is 6. The van der Waals surface area contributed by atoms with Crippen molar-refractivity contribution in [2.45, 2.75) is 25.3 Å². The fraction of sp³-hybridized carbons (Fsp3) is 0.240. The normalized spacial score (nSPS) is 15.7. The molecule has 1 saturated heterocycles. The minimum Gasteiger partial charge on any atom is -0.454 e. The van der Waals surface area contributed by atoms with E-state index in [1.54, 1.807) is 39.9 Å². The van der Waals surface area contributed by atoms with Crippen LogP contribution < -0.4 is 10.5 Å². The molecule has 1 aliphatic rings. The predicted molar refractivity (Wildman–Crippen MR) is 127 cm³/mol. The summed E-state index contributed by atoms with van der Waals surface area (Å²) in [7, 11) is 0. The zero-order valence-corrected chi connectivity index (χ0v) is 18.8. The highest BCUT2D eigenvalue weighted by molar-refractivity contribution is 5.98. The molecule has 1 amide bonds. The Hall–Kier alpha value is -4.52. The molecule has 0 spiro atoms. The van der Waals surface area contributed by atoms with Gasteiger partial charge in [-0.15, -0.1) is 0 Å². The summed E-state index contributed by atoms with van der Waals surface area (Å²) in [5.74, 6) is 0.289. The number of rotatable bonds is 5. The molecule has 9 nitrogen and oxygen atoms in total. The van der Waals surface area contributed by atoms with E-state index in [0.717, 1.165) is 18.4 Å². The molecule has 35 heavy (non-hydrogen) atoms. The van der Waals surface area contributed by atoms with Gasteiger partial charge in [0.25, 0.3) is 0 Å². The van der Waals surface area contributed by atoms with Gasteiger partial charge >= 0.3 is 0 Å². The molecular formula is C25H22FN7O2. The summed E-state index contributed by atoms with van der Waals surface area (Å²) in [6.45, 7) is 1.06. The summed E-state index contributed by atoms with van der Waals surface area (Å²) in [6.07, 6.45) is 2.85. The van der Waals surface area contributed by atoms with Gasteiger partial charge in [0.05, 0.1) is 17.5 Å². The van der Waals surface area contributed by atoms with E-state index in [-0.39, 0.29) is 24.1 Å². The Bertz CT molecular complexity index is 1430. The van der Waals surface area contributed by atoms with E-state index in [4.69, 9.17) is 20.8 Å². The molecule has 2 N–H and O–H groups in total. The van der Waals surface area contributed by atoms with Crippen molar-refractivity contribution in [2.24, 2.45) is 0 Å². The summed E-state index contributed by atoms with van der Waals surface area (Å²) in [5.41, 5.74) is 8.19. The van der Waals surface area contributed by atoms with Crippen LogP contribution in [0.5, 0.6) is 11.5 Å². The van der Waals surface area contributed by atoms with Gasteiger partial charge in [0.1, 0.15) is 30.0 Å². The number of benzene rings is 2. The van der Waals surface area contributed by atoms with Crippen LogP contribution in [0.25, 0.3) is 22.3 Å². The second-order valence-electron chi connectivity index (χ2n) is 8.28. The molecular weight excluding hydrogens is 449 g/mol. The number of para-hydroxylation sites is 1. The lowest BCUT2D eigenvalue weighted by atomic mass is 10.1. The fourth-order valence-corrected chi connectivity index (χ4v) is 4.35. The Morgan fingerprint density at radius 2 is 2.00 bits per heavy atom. The number of ether oxygens (including phenoxy) is 1. The van der Waals surface area contributed by atoms with Gasteiger partial charge in [-0.25, -0.2) is 19.0 Å². The molecule has 1 fully saturated rings. The van der Waals surface area contributed by atoms with Gasteiger partial charge in [-0.2, -0.15) is 10.4 Å². The number of nitrogen functional groups attached to an aromatic ring is 1. The smallest absolute Gasteiger partial charge is 0.236 e. The number of piperidine rings is 1. The van der Waals surface area contributed by atoms with Crippen LogP contribution in [0.3, 0.4) is 0 Å². The first-order valence-electron chi connectivity index (χ1n) is 11.2. The van der Waals surface area contributed by atoms with Gasteiger partial charge in [0, 0.05) is 18.7 Å². The molecule has 3 heterocycles. The first-order valence-corrected chi connectivity index (χ1v) is 11.2. The monoisotopic (exact) mass is 471 g/mol. The number of halogens is 1. The zero-order valence-electron chi connectivity index (χ0n) is 18.8. The third-order valence-electron chi connectivity index (χ3n) is 6.04. The van der Waals surface area contributed by atoms with Gasteiger partial charge in [0.2, 0.25) is 5.91 Å². The highest BCUT2D eigenvalue weighted by atomic mass is 19.1. The Labute approximate surface area is 200 Å². The summed E-state index contributed by atoms with van der Waals surface area (Å²) in [6, 6.07) is 15.1. The van der Waals surface area contributed by atoms with Crippen molar-refractivity contribution in [3.8, 4) is 28.8 Å². The van der Waals surface area contributed by atoms with E-state index in [9.17, 15) is 9.18 Å².